The van der Waals surface area contributed by atoms with Crippen LogP contribution in [0.3, 0.4) is 0 Å². The van der Waals surface area contributed by atoms with Crippen molar-refractivity contribution in [1.82, 2.24) is 0 Å². The number of carbonyl (C=O) groups excluding carboxylic acids is 8. The van der Waals surface area contributed by atoms with Gasteiger partial charge in [0.15, 0.2) is 13.4 Å². The van der Waals surface area contributed by atoms with Gasteiger partial charge in [-0.3, -0.25) is 33.6 Å². The number of aliphatic hydroxyl groups is 1. The second-order valence-electron chi connectivity index (χ2n) is 43.3. The van der Waals surface area contributed by atoms with Gasteiger partial charge in [-0.1, -0.05) is 136 Å². The smallest absolute Gasteiger partial charge is 0.344 e. The van der Waals surface area contributed by atoms with Crippen molar-refractivity contribution in [3.05, 3.63) is 0 Å². The van der Waals surface area contributed by atoms with Gasteiger partial charge in [-0.15, -0.1) is 0 Å². The lowest BCUT2D eigenvalue weighted by Crippen LogP contribution is -2.63. The topological polar surface area (TPSA) is 240 Å². The van der Waals surface area contributed by atoms with E-state index in [-0.39, 0.29) is 193 Å². The summed E-state index contributed by atoms with van der Waals surface area (Å²) in [5.41, 5.74) is -3.77. The third-order valence-electron chi connectivity index (χ3n) is 33.2. The summed E-state index contributed by atoms with van der Waals surface area (Å²) in [7, 11) is 0. The zero-order valence-corrected chi connectivity index (χ0v) is 72.0. The van der Waals surface area contributed by atoms with Crippen LogP contribution < -0.4 is 0 Å². The molecule has 708 valence electrons. The van der Waals surface area contributed by atoms with Crippen LogP contribution in [-0.2, 0) is 81.0 Å². The molecule has 18 nitrogen and oxygen atoms in total. The van der Waals surface area contributed by atoms with Gasteiger partial charge in [0.05, 0.1) is 50.1 Å². The standard InChI is InChI=1S/C28H42O5.C19H32O2.C16H22O6.C16H26O3.C14H26O2.10CH4/c1-4-27(2,3)25(29)33-24-21-10-18-11-22(24)14-28(12-18,13-21)26(30)32-15-31-23-19-6-16-5-17(8-19)9-20(23)7-16;1-6-18(4,5)17(20)21-19(12(2)3)15-8-13-7-14(10-15)11-16(19)9-13;1-4-16(2,3)15(19)20-7-11(17)21-12-8-5-9-10(6-8)14(18)22-13(9)12;1-4-14(2,3)13(17)19-16-8-11-5-12(9-16)7-15(18,6-11)10-16;1-5-13(3,4)12(15)16-14(6-2)10-8-7-9-11-14;;;;;;;;;;/h16-24H,4-15H2,1-3H3;12-16H,6-11H2,1-5H3;8-10,12-13H,4-7H2,1-3H3;11-12,18H,4-10H2,1-3H3;5-11H2,1-4H3;10*1H4. The van der Waals surface area contributed by atoms with Gasteiger partial charge in [0, 0.05) is 18.3 Å². The molecule has 0 radical (unpaired) electrons. The second kappa shape index (κ2) is 43.2. The highest BCUT2D eigenvalue weighted by Gasteiger charge is 2.66. The minimum absolute atomic E-state index is 0. The fraction of sp³-hybridized carbons (Fsp3) is 0.922. The molecule has 20 fully saturated rings. The summed E-state index contributed by atoms with van der Waals surface area (Å²) >= 11 is 0. The van der Waals surface area contributed by atoms with Crippen LogP contribution in [-0.4, -0.2) is 113 Å². The predicted octanol–water partition coefficient (Wildman–Crippen LogP) is 25.3. The molecular weight excluding hydrogens is 1530 g/mol. The molecule has 0 aromatic carbocycles. The largest absolute Gasteiger partial charge is 0.461 e. The van der Waals surface area contributed by atoms with Gasteiger partial charge in [0.25, 0.3) is 0 Å². The zero-order valence-electron chi connectivity index (χ0n) is 72.0. The van der Waals surface area contributed by atoms with Crippen LogP contribution in [0.15, 0.2) is 0 Å². The fourth-order valence-corrected chi connectivity index (χ4v) is 25.6. The van der Waals surface area contributed by atoms with E-state index in [1.807, 2.05) is 83.1 Å². The Morgan fingerprint density at radius 1 is 0.430 bits per heavy atom. The molecule has 20 aliphatic rings. The van der Waals surface area contributed by atoms with Crippen molar-refractivity contribution >= 4 is 47.8 Å². The van der Waals surface area contributed by atoms with Crippen LogP contribution in [0.2, 0.25) is 0 Å². The summed E-state index contributed by atoms with van der Waals surface area (Å²) in [5, 5.41) is 10.6. The Morgan fingerprint density at radius 3 is 1.31 bits per heavy atom. The molecule has 18 bridgehead atoms. The van der Waals surface area contributed by atoms with Crippen LogP contribution in [0.1, 0.15) is 417 Å². The van der Waals surface area contributed by atoms with Gasteiger partial charge >= 0.3 is 47.8 Å². The van der Waals surface area contributed by atoms with Gasteiger partial charge < -0.3 is 47.7 Å². The van der Waals surface area contributed by atoms with Crippen LogP contribution in [0, 0.1) is 133 Å². The summed E-state index contributed by atoms with van der Waals surface area (Å²) in [6.07, 6.45) is 35.5. The maximum Gasteiger partial charge on any atom is 0.344 e. The number of esters is 8. The molecule has 0 amide bonds. The first-order valence-corrected chi connectivity index (χ1v) is 45.1. The number of carbonyl (C=O) groups is 8. The van der Waals surface area contributed by atoms with Crippen LogP contribution in [0.4, 0.5) is 0 Å². The van der Waals surface area contributed by atoms with E-state index in [0.29, 0.717) is 78.1 Å². The van der Waals surface area contributed by atoms with E-state index in [1.54, 1.807) is 13.8 Å². The van der Waals surface area contributed by atoms with E-state index in [2.05, 4.69) is 27.7 Å². The molecule has 9 unspecified atom stereocenters. The molecule has 121 heavy (non-hydrogen) atoms. The highest BCUT2D eigenvalue weighted by Crippen LogP contribution is 2.65. The Kier molecular flexibility index (Phi) is 40.2. The Hall–Kier alpha value is -4.32. The van der Waals surface area contributed by atoms with Gasteiger partial charge in [-0.25, -0.2) is 4.79 Å². The quantitative estimate of drug-likeness (QED) is 0.0568. The molecule has 1 N–H and O–H groups in total. The van der Waals surface area contributed by atoms with E-state index < -0.39 is 33.8 Å². The summed E-state index contributed by atoms with van der Waals surface area (Å²) < 4.78 is 52.2. The summed E-state index contributed by atoms with van der Waals surface area (Å²) in [5.74, 6) is 8.02. The van der Waals surface area contributed by atoms with E-state index in [9.17, 15) is 43.5 Å². The van der Waals surface area contributed by atoms with Gasteiger partial charge in [0.2, 0.25) is 0 Å². The number of hydrogen-bond acceptors (Lipinski definition) is 18. The molecular formula is C103H188O18. The normalized spacial score (nSPS) is 36.2. The lowest BCUT2D eigenvalue weighted by Gasteiger charge is -2.62. The van der Waals surface area contributed by atoms with Gasteiger partial charge in [-0.2, -0.15) is 0 Å². The van der Waals surface area contributed by atoms with Gasteiger partial charge in [0.1, 0.15) is 35.1 Å². The molecule has 19 saturated carbocycles. The maximum atomic E-state index is 13.4. The Labute approximate surface area is 740 Å². The molecule has 19 aliphatic carbocycles. The minimum atomic E-state index is -0.610. The van der Waals surface area contributed by atoms with E-state index in [0.717, 1.165) is 139 Å². The average Bonchev–Trinajstić information content (AvgIpc) is 1.70. The van der Waals surface area contributed by atoms with Crippen molar-refractivity contribution < 1.29 is 86.1 Å². The molecule has 0 aromatic heterocycles. The third kappa shape index (κ3) is 23.4. The maximum absolute atomic E-state index is 13.4. The number of rotatable bonds is 23. The number of ether oxygens (including phenoxy) is 9. The molecule has 20 rings (SSSR count). The first-order chi connectivity index (χ1) is 52.1. The number of fused-ring (bicyclic) bond motifs is 1. The van der Waals surface area contributed by atoms with Crippen molar-refractivity contribution in [2.75, 3.05) is 13.4 Å². The fourth-order valence-electron chi connectivity index (χ4n) is 25.6. The Bertz CT molecular complexity index is 3260. The molecule has 18 heteroatoms. The van der Waals surface area contributed by atoms with Crippen LogP contribution >= 0.6 is 0 Å². The molecule has 0 aromatic rings. The average molecular weight is 1710 g/mol. The van der Waals surface area contributed by atoms with Crippen molar-refractivity contribution in [3.8, 4) is 0 Å². The molecule has 9 atom stereocenters. The molecule has 0 spiro atoms. The van der Waals surface area contributed by atoms with Crippen LogP contribution in [0.25, 0.3) is 0 Å². The van der Waals surface area contributed by atoms with E-state index >= 15 is 0 Å². The van der Waals surface area contributed by atoms with Crippen molar-refractivity contribution in [3.63, 3.8) is 0 Å². The monoisotopic (exact) mass is 1710 g/mol. The van der Waals surface area contributed by atoms with Crippen molar-refractivity contribution in [2.45, 2.75) is 464 Å². The summed E-state index contributed by atoms with van der Waals surface area (Å²) in [6.45, 7) is 35.9. The SMILES string of the molecule is C.C.C.C.C.C.C.C.C.C.CCC(C)(C)C(=O)OC1(C(C)C)C2CC3CC(C2)CC1C3.CCC(C)(C)C(=O)OC12CC3CC(CC(O)(C3)C1)C2.CCC(C)(C)C(=O)OC1C2CC3CC1CC(C(=O)OCOC1C4CC5CC(C4)CC1C5)(C3)C2.CCC(C)(C)C(=O)OCC(=O)OC1C2CC3C(=O)OC1C3C2.CCC1(OC(=O)C(C)(C)CC)CCCCC1. The van der Waals surface area contributed by atoms with Gasteiger partial charge in [-0.05, 0) is 358 Å². The molecule has 1 aliphatic heterocycles. The summed E-state index contributed by atoms with van der Waals surface area (Å²) in [6, 6.07) is 0. The van der Waals surface area contributed by atoms with E-state index in [1.165, 1.54) is 89.9 Å². The second-order valence-corrected chi connectivity index (χ2v) is 43.3. The third-order valence-corrected chi connectivity index (χ3v) is 33.2. The highest BCUT2D eigenvalue weighted by molar-refractivity contribution is 5.81. The predicted molar refractivity (Wildman–Crippen MR) is 488 cm³/mol. The lowest BCUT2D eigenvalue weighted by atomic mass is 9.47. The molecule has 1 saturated heterocycles. The van der Waals surface area contributed by atoms with E-state index in [4.69, 9.17) is 42.6 Å². The van der Waals surface area contributed by atoms with Crippen LogP contribution in [0.5, 0.6) is 0 Å². The van der Waals surface area contributed by atoms with Crippen molar-refractivity contribution in [2.24, 2.45) is 133 Å². The Morgan fingerprint density at radius 2 is 0.851 bits per heavy atom. The molecule has 1 heterocycles. The van der Waals surface area contributed by atoms with Crippen molar-refractivity contribution in [1.29, 1.82) is 0 Å². The highest BCUT2D eigenvalue weighted by atomic mass is 16.7. The Balaban J connectivity index is 0.000000513. The minimum Gasteiger partial charge on any atom is -0.461 e. The number of hydrogen-bond donors (Lipinski definition) is 1. The first kappa shape index (κ1) is 113. The zero-order chi connectivity index (χ0) is 80.6. The lowest BCUT2D eigenvalue weighted by molar-refractivity contribution is -0.231. The first-order valence-electron chi connectivity index (χ1n) is 45.1. The summed E-state index contributed by atoms with van der Waals surface area (Å²) in [4.78, 5) is 98.8.